The summed E-state index contributed by atoms with van der Waals surface area (Å²) in [5, 5.41) is 0. The summed E-state index contributed by atoms with van der Waals surface area (Å²) in [4.78, 5) is 11.9. The van der Waals surface area contributed by atoms with Crippen LogP contribution in [0.5, 0.6) is 0 Å². The minimum absolute atomic E-state index is 0.434. The van der Waals surface area contributed by atoms with Crippen LogP contribution in [0.4, 0.5) is 0 Å². The fourth-order valence-electron chi connectivity index (χ4n) is 3.28. The van der Waals surface area contributed by atoms with E-state index in [4.69, 9.17) is 0 Å². The van der Waals surface area contributed by atoms with Crippen LogP contribution in [-0.2, 0) is 4.79 Å². The lowest BCUT2D eigenvalue weighted by molar-refractivity contribution is -0.115. The molecule has 0 aliphatic heterocycles. The smallest absolute Gasteiger partial charge is 0.162 e. The molecule has 0 saturated heterocycles. The zero-order valence-electron chi connectivity index (χ0n) is 8.51. The number of carbonyl (C=O) groups excluding carboxylic acids is 1. The summed E-state index contributed by atoms with van der Waals surface area (Å²) >= 11 is 0. The molecule has 0 aromatic carbocycles. The van der Waals surface area contributed by atoms with E-state index in [1.165, 1.54) is 48.8 Å². The molecule has 1 nitrogen and oxygen atoms in total. The Kier molecular flexibility index (Phi) is 1.86. The van der Waals surface area contributed by atoms with E-state index in [1.807, 2.05) is 0 Å². The second-order valence-corrected chi connectivity index (χ2v) is 4.72. The average Bonchev–Trinajstić information content (AvgIpc) is 2.66. The normalized spacial score (nSPS) is 31.3. The lowest BCUT2D eigenvalue weighted by atomic mass is 9.73. The molecular formula is C13H16O. The van der Waals surface area contributed by atoms with Gasteiger partial charge in [0.15, 0.2) is 5.78 Å². The van der Waals surface area contributed by atoms with E-state index in [1.54, 1.807) is 0 Å². The van der Waals surface area contributed by atoms with Gasteiger partial charge in [-0.1, -0.05) is 17.2 Å². The van der Waals surface area contributed by atoms with Gasteiger partial charge in [-0.2, -0.15) is 0 Å². The minimum Gasteiger partial charge on any atom is -0.294 e. The summed E-state index contributed by atoms with van der Waals surface area (Å²) in [6, 6.07) is 0. The second kappa shape index (κ2) is 3.08. The molecule has 0 saturated carbocycles. The van der Waals surface area contributed by atoms with Crippen molar-refractivity contribution in [3.8, 4) is 0 Å². The molecule has 0 bridgehead atoms. The van der Waals surface area contributed by atoms with Crippen LogP contribution >= 0.6 is 0 Å². The number of rotatable bonds is 0. The predicted octanol–water partition coefficient (Wildman–Crippen LogP) is 3.17. The van der Waals surface area contributed by atoms with Crippen molar-refractivity contribution in [2.24, 2.45) is 5.92 Å². The standard InChI is InChI=1S/C13H16O/c14-13-8-9-4-3-7-10(9)11-5-1-2-6-12(11)13/h4,10H,1-3,5-8H2. The molecular weight excluding hydrogens is 172 g/mol. The van der Waals surface area contributed by atoms with E-state index in [0.29, 0.717) is 11.7 Å². The first-order valence-corrected chi connectivity index (χ1v) is 5.80. The Bertz CT molecular complexity index is 346. The van der Waals surface area contributed by atoms with Crippen LogP contribution in [0, 0.1) is 5.92 Å². The maximum absolute atomic E-state index is 11.9. The monoisotopic (exact) mass is 188 g/mol. The topological polar surface area (TPSA) is 17.1 Å². The van der Waals surface area contributed by atoms with Gasteiger partial charge in [-0.05, 0) is 44.1 Å². The van der Waals surface area contributed by atoms with Gasteiger partial charge in [0, 0.05) is 12.3 Å². The van der Waals surface area contributed by atoms with E-state index >= 15 is 0 Å². The van der Waals surface area contributed by atoms with Crippen molar-refractivity contribution in [2.45, 2.75) is 44.9 Å². The van der Waals surface area contributed by atoms with Gasteiger partial charge >= 0.3 is 0 Å². The molecule has 1 atom stereocenters. The highest BCUT2D eigenvalue weighted by molar-refractivity contribution is 5.99. The Morgan fingerprint density at radius 3 is 3.00 bits per heavy atom. The average molecular weight is 188 g/mol. The number of ketones is 1. The SMILES string of the molecule is O=C1CC2=CCCC2C2=C1CCCC2. The molecule has 3 rings (SSSR count). The number of fused-ring (bicyclic) bond motifs is 2. The summed E-state index contributed by atoms with van der Waals surface area (Å²) in [6.07, 6.45) is 10.3. The molecule has 14 heavy (non-hydrogen) atoms. The molecule has 1 unspecified atom stereocenters. The summed E-state index contributed by atoms with van der Waals surface area (Å²) in [6.45, 7) is 0. The van der Waals surface area contributed by atoms with Crippen molar-refractivity contribution in [1.82, 2.24) is 0 Å². The van der Waals surface area contributed by atoms with Crippen molar-refractivity contribution in [3.05, 3.63) is 22.8 Å². The number of Topliss-reactive ketones (excluding diaryl/α,β-unsaturated/α-hetero) is 1. The summed E-state index contributed by atoms with van der Waals surface area (Å²) in [7, 11) is 0. The Balaban J connectivity index is 2.06. The Hall–Kier alpha value is -0.850. The van der Waals surface area contributed by atoms with Crippen LogP contribution in [0.1, 0.15) is 44.9 Å². The highest BCUT2D eigenvalue weighted by atomic mass is 16.1. The zero-order valence-corrected chi connectivity index (χ0v) is 8.51. The quantitative estimate of drug-likeness (QED) is 0.534. The summed E-state index contributed by atoms with van der Waals surface area (Å²) in [5.74, 6) is 1.12. The Morgan fingerprint density at radius 2 is 2.07 bits per heavy atom. The maximum atomic E-state index is 11.9. The third kappa shape index (κ3) is 1.11. The summed E-state index contributed by atoms with van der Waals surface area (Å²) in [5.41, 5.74) is 4.19. The van der Waals surface area contributed by atoms with Gasteiger partial charge in [0.2, 0.25) is 0 Å². The number of hydrogen-bond acceptors (Lipinski definition) is 1. The molecule has 74 valence electrons. The first kappa shape index (κ1) is 8.46. The molecule has 0 fully saturated rings. The Morgan fingerprint density at radius 1 is 1.21 bits per heavy atom. The predicted molar refractivity (Wildman–Crippen MR) is 55.9 cm³/mol. The largest absolute Gasteiger partial charge is 0.294 e. The van der Waals surface area contributed by atoms with E-state index in [-0.39, 0.29) is 0 Å². The first-order valence-electron chi connectivity index (χ1n) is 5.80. The first-order chi connectivity index (χ1) is 6.86. The van der Waals surface area contributed by atoms with Crippen LogP contribution in [0.2, 0.25) is 0 Å². The highest BCUT2D eigenvalue weighted by Crippen LogP contribution is 2.45. The van der Waals surface area contributed by atoms with Gasteiger partial charge in [0.1, 0.15) is 0 Å². The lowest BCUT2D eigenvalue weighted by Gasteiger charge is -2.30. The lowest BCUT2D eigenvalue weighted by Crippen LogP contribution is -2.22. The second-order valence-electron chi connectivity index (χ2n) is 4.72. The molecule has 1 heteroatoms. The van der Waals surface area contributed by atoms with Crippen molar-refractivity contribution in [2.75, 3.05) is 0 Å². The third-order valence-corrected chi connectivity index (χ3v) is 3.94. The molecule has 0 amide bonds. The van der Waals surface area contributed by atoms with Gasteiger partial charge in [-0.3, -0.25) is 4.79 Å². The van der Waals surface area contributed by atoms with Crippen molar-refractivity contribution in [3.63, 3.8) is 0 Å². The van der Waals surface area contributed by atoms with Crippen LogP contribution in [0.25, 0.3) is 0 Å². The van der Waals surface area contributed by atoms with Crippen LogP contribution < -0.4 is 0 Å². The highest BCUT2D eigenvalue weighted by Gasteiger charge is 2.34. The van der Waals surface area contributed by atoms with Gasteiger partial charge in [-0.25, -0.2) is 0 Å². The van der Waals surface area contributed by atoms with Crippen LogP contribution in [-0.4, -0.2) is 5.78 Å². The molecule has 0 heterocycles. The van der Waals surface area contributed by atoms with Gasteiger partial charge in [0.05, 0.1) is 0 Å². The molecule has 3 aliphatic carbocycles. The van der Waals surface area contributed by atoms with E-state index in [9.17, 15) is 4.79 Å². The minimum atomic E-state index is 0.434. The molecule has 0 spiro atoms. The van der Waals surface area contributed by atoms with Crippen LogP contribution in [0.15, 0.2) is 22.8 Å². The van der Waals surface area contributed by atoms with Gasteiger partial charge in [-0.15, -0.1) is 0 Å². The molecule has 0 aromatic rings. The number of hydrogen-bond donors (Lipinski definition) is 0. The third-order valence-electron chi connectivity index (χ3n) is 3.94. The van der Waals surface area contributed by atoms with Gasteiger partial charge in [0.25, 0.3) is 0 Å². The molecule has 0 N–H and O–H groups in total. The zero-order chi connectivity index (χ0) is 9.54. The van der Waals surface area contributed by atoms with Crippen molar-refractivity contribution < 1.29 is 4.79 Å². The van der Waals surface area contributed by atoms with Gasteiger partial charge < -0.3 is 0 Å². The maximum Gasteiger partial charge on any atom is 0.162 e. The van der Waals surface area contributed by atoms with E-state index < -0.39 is 0 Å². The molecule has 3 aliphatic rings. The molecule has 0 radical (unpaired) electrons. The fourth-order valence-corrected chi connectivity index (χ4v) is 3.28. The van der Waals surface area contributed by atoms with Crippen molar-refractivity contribution in [1.29, 1.82) is 0 Å². The fraction of sp³-hybridized carbons (Fsp3) is 0.615. The van der Waals surface area contributed by atoms with E-state index in [2.05, 4.69) is 6.08 Å². The number of allylic oxidation sites excluding steroid dienone is 4. The molecule has 0 aromatic heterocycles. The van der Waals surface area contributed by atoms with Crippen molar-refractivity contribution >= 4 is 5.78 Å². The summed E-state index contributed by atoms with van der Waals surface area (Å²) < 4.78 is 0. The number of carbonyl (C=O) groups is 1. The van der Waals surface area contributed by atoms with E-state index in [0.717, 1.165) is 12.8 Å². The van der Waals surface area contributed by atoms with Crippen LogP contribution in [0.3, 0.4) is 0 Å². The Labute approximate surface area is 84.9 Å².